The maximum Gasteiger partial charge on any atom is 0.263 e. The van der Waals surface area contributed by atoms with Gasteiger partial charge in [0.05, 0.1) is 20.9 Å². The van der Waals surface area contributed by atoms with Gasteiger partial charge in [0.15, 0.2) is 11.9 Å². The molecule has 1 aromatic carbocycles. The Morgan fingerprint density at radius 2 is 2.10 bits per heavy atom. The van der Waals surface area contributed by atoms with E-state index < -0.39 is 6.10 Å². The maximum absolute atomic E-state index is 12.4. The molecule has 1 aliphatic rings. The highest BCUT2D eigenvalue weighted by molar-refractivity contribution is 14.1. The monoisotopic (exact) mass is 399 g/mol. The number of nitrogens with two attached hydrogens (primary N) is 1. The molecule has 2 N–H and O–H groups in total. The number of nitrogen functional groups attached to an aromatic ring is 1. The summed E-state index contributed by atoms with van der Waals surface area (Å²) in [5, 5.41) is 8.91. The Bertz CT molecular complexity index is 554. The van der Waals surface area contributed by atoms with Gasteiger partial charge in [-0.3, -0.25) is 4.79 Å². The zero-order valence-electron chi connectivity index (χ0n) is 11.9. The summed E-state index contributed by atoms with van der Waals surface area (Å²) in [6.07, 6.45) is 2.70. The Labute approximate surface area is 138 Å². The number of ether oxygens (including phenoxy) is 1. The highest BCUT2D eigenvalue weighted by Crippen LogP contribution is 2.30. The molecule has 1 saturated heterocycles. The molecule has 0 aliphatic carbocycles. The minimum absolute atomic E-state index is 0.00532. The second-order valence-corrected chi connectivity index (χ2v) is 6.30. The predicted molar refractivity (Wildman–Crippen MR) is 88.8 cm³/mol. The van der Waals surface area contributed by atoms with Gasteiger partial charge in [0.25, 0.3) is 5.91 Å². The smallest absolute Gasteiger partial charge is 0.263 e. The molecule has 5 nitrogen and oxygen atoms in total. The molecule has 1 unspecified atom stereocenters. The van der Waals surface area contributed by atoms with E-state index >= 15 is 0 Å². The lowest BCUT2D eigenvalue weighted by atomic mass is 10.1. The summed E-state index contributed by atoms with van der Waals surface area (Å²) in [6, 6.07) is 5.31. The van der Waals surface area contributed by atoms with Crippen LogP contribution >= 0.6 is 22.6 Å². The van der Waals surface area contributed by atoms with Crippen LogP contribution in [0.3, 0.4) is 0 Å². The summed E-state index contributed by atoms with van der Waals surface area (Å²) in [6.45, 7) is 3.34. The minimum atomic E-state index is -0.577. The second kappa shape index (κ2) is 6.98. The van der Waals surface area contributed by atoms with Crippen LogP contribution in [0, 0.1) is 14.9 Å². The molecule has 1 atom stereocenters. The van der Waals surface area contributed by atoms with Gasteiger partial charge in [-0.25, -0.2) is 0 Å². The van der Waals surface area contributed by atoms with Crippen molar-refractivity contribution in [3.63, 3.8) is 0 Å². The van der Waals surface area contributed by atoms with Crippen LogP contribution in [0.4, 0.5) is 5.69 Å². The van der Waals surface area contributed by atoms with Crippen molar-refractivity contribution < 1.29 is 9.53 Å². The fourth-order valence-electron chi connectivity index (χ4n) is 2.40. The van der Waals surface area contributed by atoms with Gasteiger partial charge in [-0.15, -0.1) is 0 Å². The molecule has 6 heteroatoms. The number of hydrogen-bond acceptors (Lipinski definition) is 4. The molecule has 0 bridgehead atoms. The van der Waals surface area contributed by atoms with E-state index in [1.165, 1.54) is 6.42 Å². The number of nitrogens with zero attached hydrogens (tertiary/aromatic N) is 2. The standard InChI is InChI=1S/C15H18IN3O2/c1-10(15(20)19-5-3-2-4-6-19)21-14-12(16)7-11(9-17)8-13(14)18/h7-8,10H,2-6,18H2,1H3. The number of anilines is 1. The highest BCUT2D eigenvalue weighted by Gasteiger charge is 2.24. The van der Waals surface area contributed by atoms with Crippen molar-refractivity contribution in [3.8, 4) is 11.8 Å². The number of benzene rings is 1. The molecule has 1 fully saturated rings. The lowest BCUT2D eigenvalue weighted by Crippen LogP contribution is -2.43. The average molecular weight is 399 g/mol. The summed E-state index contributed by atoms with van der Waals surface area (Å²) < 4.78 is 6.50. The summed E-state index contributed by atoms with van der Waals surface area (Å²) in [5.74, 6) is 0.474. The van der Waals surface area contributed by atoms with Crippen molar-refractivity contribution in [1.29, 1.82) is 5.26 Å². The van der Waals surface area contributed by atoms with E-state index in [-0.39, 0.29) is 5.91 Å². The van der Waals surface area contributed by atoms with Gasteiger partial charge >= 0.3 is 0 Å². The number of amides is 1. The van der Waals surface area contributed by atoms with Crippen LogP contribution in [0.2, 0.25) is 0 Å². The van der Waals surface area contributed by atoms with E-state index in [0.717, 1.165) is 29.5 Å². The normalized spacial score (nSPS) is 16.1. The van der Waals surface area contributed by atoms with Gasteiger partial charge in [0.2, 0.25) is 0 Å². The summed E-state index contributed by atoms with van der Waals surface area (Å²) >= 11 is 2.07. The van der Waals surface area contributed by atoms with Gasteiger partial charge < -0.3 is 15.4 Å². The van der Waals surface area contributed by atoms with E-state index in [9.17, 15) is 4.79 Å². The van der Waals surface area contributed by atoms with Crippen molar-refractivity contribution in [2.24, 2.45) is 0 Å². The quantitative estimate of drug-likeness (QED) is 0.626. The summed E-state index contributed by atoms with van der Waals surface area (Å²) in [7, 11) is 0. The van der Waals surface area contributed by atoms with E-state index in [1.54, 1.807) is 19.1 Å². The van der Waals surface area contributed by atoms with E-state index in [4.69, 9.17) is 15.7 Å². The molecule has 0 saturated carbocycles. The van der Waals surface area contributed by atoms with Crippen LogP contribution < -0.4 is 10.5 Å². The molecule has 1 amide bonds. The topological polar surface area (TPSA) is 79.3 Å². The molecule has 0 aromatic heterocycles. The van der Waals surface area contributed by atoms with Gasteiger partial charge in [0, 0.05) is 13.1 Å². The zero-order valence-corrected chi connectivity index (χ0v) is 14.1. The first kappa shape index (κ1) is 15.9. The van der Waals surface area contributed by atoms with Crippen molar-refractivity contribution in [2.45, 2.75) is 32.3 Å². The van der Waals surface area contributed by atoms with Crippen LogP contribution in [0.25, 0.3) is 0 Å². The van der Waals surface area contributed by atoms with E-state index in [0.29, 0.717) is 17.0 Å². The van der Waals surface area contributed by atoms with E-state index in [1.807, 2.05) is 11.0 Å². The summed E-state index contributed by atoms with van der Waals surface area (Å²) in [5.41, 5.74) is 6.79. The molecular weight excluding hydrogens is 381 g/mol. The van der Waals surface area contributed by atoms with Crippen molar-refractivity contribution in [1.82, 2.24) is 4.90 Å². The van der Waals surface area contributed by atoms with Gasteiger partial charge in [-0.1, -0.05) is 0 Å². The van der Waals surface area contributed by atoms with Crippen molar-refractivity contribution in [3.05, 3.63) is 21.3 Å². The molecule has 1 heterocycles. The van der Waals surface area contributed by atoms with Crippen LogP contribution in [0.15, 0.2) is 12.1 Å². The third kappa shape index (κ3) is 3.79. The molecule has 2 rings (SSSR count). The predicted octanol–water partition coefficient (Wildman–Crippen LogP) is 2.52. The SMILES string of the molecule is CC(Oc1c(N)cc(C#N)cc1I)C(=O)N1CCCCC1. The van der Waals surface area contributed by atoms with Gasteiger partial charge in [-0.2, -0.15) is 5.26 Å². The summed E-state index contributed by atoms with van der Waals surface area (Å²) in [4.78, 5) is 14.2. The average Bonchev–Trinajstić information content (AvgIpc) is 2.50. The Morgan fingerprint density at radius 3 is 2.67 bits per heavy atom. The molecule has 1 aromatic rings. The lowest BCUT2D eigenvalue weighted by molar-refractivity contribution is -0.138. The Morgan fingerprint density at radius 1 is 1.43 bits per heavy atom. The van der Waals surface area contributed by atoms with Crippen molar-refractivity contribution in [2.75, 3.05) is 18.8 Å². The molecule has 0 spiro atoms. The van der Waals surface area contributed by atoms with Gasteiger partial charge in [-0.05, 0) is 60.9 Å². The number of rotatable bonds is 3. The number of carbonyl (C=O) groups excluding carboxylic acids is 1. The van der Waals surface area contributed by atoms with Crippen molar-refractivity contribution >= 4 is 34.2 Å². The largest absolute Gasteiger partial charge is 0.478 e. The molecule has 0 radical (unpaired) electrons. The number of piperidine rings is 1. The van der Waals surface area contributed by atoms with Gasteiger partial charge in [0.1, 0.15) is 0 Å². The van der Waals surface area contributed by atoms with E-state index in [2.05, 4.69) is 22.6 Å². The third-order valence-electron chi connectivity index (χ3n) is 3.51. The first-order chi connectivity index (χ1) is 10.0. The molecular formula is C15H18IN3O2. The fraction of sp³-hybridized carbons (Fsp3) is 0.467. The molecule has 1 aliphatic heterocycles. The number of hydrogen-bond donors (Lipinski definition) is 1. The first-order valence-corrected chi connectivity index (χ1v) is 8.05. The molecule has 112 valence electrons. The molecule has 21 heavy (non-hydrogen) atoms. The lowest BCUT2D eigenvalue weighted by Gasteiger charge is -2.29. The highest BCUT2D eigenvalue weighted by atomic mass is 127. The Kier molecular flexibility index (Phi) is 5.28. The number of likely N-dealkylation sites (tertiary alicyclic amines) is 1. The Hall–Kier alpha value is -1.49. The Balaban J connectivity index is 2.10. The van der Waals surface area contributed by atoms with Crippen LogP contribution in [-0.2, 0) is 4.79 Å². The number of nitriles is 1. The van der Waals surface area contributed by atoms with Crippen LogP contribution in [0.5, 0.6) is 5.75 Å². The van der Waals surface area contributed by atoms with Crippen LogP contribution in [0.1, 0.15) is 31.7 Å². The van der Waals surface area contributed by atoms with Crippen LogP contribution in [-0.4, -0.2) is 30.0 Å². The first-order valence-electron chi connectivity index (χ1n) is 6.97. The zero-order chi connectivity index (χ0) is 15.4. The number of carbonyl (C=O) groups is 1. The number of halogens is 1. The maximum atomic E-state index is 12.4. The fourth-order valence-corrected chi connectivity index (χ4v) is 3.18. The third-order valence-corrected chi connectivity index (χ3v) is 4.31. The minimum Gasteiger partial charge on any atom is -0.478 e. The second-order valence-electron chi connectivity index (χ2n) is 5.13.